The smallest absolute Gasteiger partial charge is 0.254 e. The van der Waals surface area contributed by atoms with Crippen molar-refractivity contribution in [3.8, 4) is 0 Å². The third-order valence-corrected chi connectivity index (χ3v) is 4.20. The van der Waals surface area contributed by atoms with Crippen molar-refractivity contribution in [2.45, 2.75) is 58.2 Å². The second kappa shape index (κ2) is 6.49. The zero-order valence-electron chi connectivity index (χ0n) is 14.4. The Labute approximate surface area is 142 Å². The predicted molar refractivity (Wildman–Crippen MR) is 89.1 cm³/mol. The van der Waals surface area contributed by atoms with E-state index < -0.39 is 12.1 Å². The quantitative estimate of drug-likeness (QED) is 0.780. The highest BCUT2D eigenvalue weighted by molar-refractivity contribution is 6.13. The van der Waals surface area contributed by atoms with Crippen molar-refractivity contribution in [3.05, 3.63) is 47.5 Å². The van der Waals surface area contributed by atoms with Gasteiger partial charge < -0.3 is 9.47 Å². The molecule has 0 N–H and O–H groups in total. The van der Waals surface area contributed by atoms with Crippen LogP contribution >= 0.6 is 0 Å². The van der Waals surface area contributed by atoms with Crippen LogP contribution in [-0.2, 0) is 19.1 Å². The number of fused-ring (bicyclic) bond motifs is 1. The number of carbonyl (C=O) groups is 2. The Kier molecular flexibility index (Phi) is 4.56. The fourth-order valence-electron chi connectivity index (χ4n) is 3.43. The third-order valence-electron chi connectivity index (χ3n) is 4.20. The number of imide groups is 1. The van der Waals surface area contributed by atoms with Gasteiger partial charge in [0.25, 0.3) is 11.8 Å². The van der Waals surface area contributed by atoms with Gasteiger partial charge in [-0.05, 0) is 38.8 Å². The molecule has 0 spiro atoms. The van der Waals surface area contributed by atoms with Gasteiger partial charge in [-0.15, -0.1) is 0 Å². The molecule has 5 heteroatoms. The summed E-state index contributed by atoms with van der Waals surface area (Å²) >= 11 is 0. The second-order valence-electron chi connectivity index (χ2n) is 6.71. The molecule has 1 aromatic rings. The Morgan fingerprint density at radius 3 is 1.96 bits per heavy atom. The first-order valence-corrected chi connectivity index (χ1v) is 8.35. The van der Waals surface area contributed by atoms with Crippen LogP contribution in [0.4, 0.5) is 0 Å². The van der Waals surface area contributed by atoms with E-state index in [4.69, 9.17) is 9.47 Å². The molecule has 128 valence electrons. The van der Waals surface area contributed by atoms with Crippen molar-refractivity contribution < 1.29 is 19.1 Å². The number of carbonyl (C=O) groups excluding carboxylic acids is 2. The lowest BCUT2D eigenvalue weighted by atomic mass is 10.1. The molecule has 3 rings (SSSR count). The highest BCUT2D eigenvalue weighted by atomic mass is 16.6. The molecule has 3 atom stereocenters. The van der Waals surface area contributed by atoms with E-state index in [-0.39, 0.29) is 30.1 Å². The summed E-state index contributed by atoms with van der Waals surface area (Å²) in [6.07, 6.45) is 1.85. The molecule has 0 radical (unpaired) electrons. The number of benzene rings is 1. The van der Waals surface area contributed by atoms with Gasteiger partial charge in [-0.3, -0.25) is 14.5 Å². The van der Waals surface area contributed by atoms with E-state index in [0.29, 0.717) is 0 Å². The van der Waals surface area contributed by atoms with Gasteiger partial charge in [-0.25, -0.2) is 0 Å². The van der Waals surface area contributed by atoms with Crippen molar-refractivity contribution in [2.75, 3.05) is 0 Å². The molecule has 24 heavy (non-hydrogen) atoms. The molecule has 0 fully saturated rings. The first-order valence-electron chi connectivity index (χ1n) is 8.35. The molecule has 2 amide bonds. The molecule has 5 nitrogen and oxygen atoms in total. The van der Waals surface area contributed by atoms with Gasteiger partial charge in [0.05, 0.1) is 18.2 Å². The summed E-state index contributed by atoms with van der Waals surface area (Å²) in [5.41, 5.74) is 1.90. The van der Waals surface area contributed by atoms with Crippen LogP contribution < -0.4 is 0 Å². The lowest BCUT2D eigenvalue weighted by Gasteiger charge is -2.32. The normalized spacial score (nSPS) is 26.1. The van der Waals surface area contributed by atoms with Gasteiger partial charge in [0.1, 0.15) is 12.2 Å². The Hall–Kier alpha value is -1.98. The van der Waals surface area contributed by atoms with E-state index in [1.807, 2.05) is 52.0 Å². The number of hydrogen-bond acceptors (Lipinski definition) is 4. The predicted octanol–water partition coefficient (Wildman–Crippen LogP) is 2.93. The van der Waals surface area contributed by atoms with Gasteiger partial charge in [0, 0.05) is 12.2 Å². The monoisotopic (exact) mass is 329 g/mol. The van der Waals surface area contributed by atoms with Gasteiger partial charge in [-0.2, -0.15) is 0 Å². The molecule has 0 saturated heterocycles. The molecule has 0 aromatic heterocycles. The number of amides is 2. The minimum atomic E-state index is -0.470. The van der Waals surface area contributed by atoms with Crippen molar-refractivity contribution in [1.29, 1.82) is 0 Å². The van der Waals surface area contributed by atoms with Crippen LogP contribution in [0.5, 0.6) is 0 Å². The molecule has 1 aromatic carbocycles. The second-order valence-corrected chi connectivity index (χ2v) is 6.71. The first kappa shape index (κ1) is 16.9. The fourth-order valence-corrected chi connectivity index (χ4v) is 3.43. The van der Waals surface area contributed by atoms with Crippen molar-refractivity contribution in [2.24, 2.45) is 0 Å². The van der Waals surface area contributed by atoms with Crippen molar-refractivity contribution in [1.82, 2.24) is 4.90 Å². The Morgan fingerprint density at radius 2 is 1.42 bits per heavy atom. The topological polar surface area (TPSA) is 55.8 Å². The SMILES string of the molecule is CC(C)O[C@@H]1[C@@H](OC(C)C)c2ccccc2[C@@H]1N1C(=O)C=CC1=O. The molecule has 0 bridgehead atoms. The summed E-state index contributed by atoms with van der Waals surface area (Å²) in [4.78, 5) is 25.8. The highest BCUT2D eigenvalue weighted by Crippen LogP contribution is 2.47. The van der Waals surface area contributed by atoms with E-state index in [0.717, 1.165) is 11.1 Å². The molecule has 1 aliphatic carbocycles. The molecule has 2 aliphatic rings. The summed E-state index contributed by atoms with van der Waals surface area (Å²) in [6, 6.07) is 7.31. The molecular weight excluding hydrogens is 306 g/mol. The summed E-state index contributed by atoms with van der Waals surface area (Å²) in [5, 5.41) is 0. The lowest BCUT2D eigenvalue weighted by molar-refractivity contribution is -0.155. The molecule has 0 saturated carbocycles. The first-order chi connectivity index (χ1) is 11.4. The minimum Gasteiger partial charge on any atom is -0.370 e. The highest BCUT2D eigenvalue weighted by Gasteiger charge is 2.49. The molecule has 0 unspecified atom stereocenters. The maximum Gasteiger partial charge on any atom is 0.254 e. The summed E-state index contributed by atoms with van der Waals surface area (Å²) in [5.74, 6) is -0.607. The van der Waals surface area contributed by atoms with E-state index >= 15 is 0 Å². The van der Waals surface area contributed by atoms with Gasteiger partial charge in [0.15, 0.2) is 0 Å². The average Bonchev–Trinajstić information content (AvgIpc) is 2.97. The third kappa shape index (κ3) is 2.89. The number of ether oxygens (including phenoxy) is 2. The van der Waals surface area contributed by atoms with E-state index in [9.17, 15) is 9.59 Å². The number of rotatable bonds is 5. The summed E-state index contributed by atoms with van der Waals surface area (Å²) < 4.78 is 12.2. The summed E-state index contributed by atoms with van der Waals surface area (Å²) in [6.45, 7) is 7.82. The van der Waals surface area contributed by atoms with Gasteiger partial charge in [-0.1, -0.05) is 24.3 Å². The van der Waals surface area contributed by atoms with Crippen LogP contribution in [-0.4, -0.2) is 35.0 Å². The standard InChI is InChI=1S/C19H23NO4/c1-11(2)23-18-14-8-6-5-7-13(14)17(19(18)24-12(3)4)20-15(21)9-10-16(20)22/h5-12,17-19H,1-4H3/t17-,18-,19-/m0/s1. The zero-order chi connectivity index (χ0) is 17.4. The fraction of sp³-hybridized carbons (Fsp3) is 0.474. The number of hydrogen-bond donors (Lipinski definition) is 0. The van der Waals surface area contributed by atoms with Gasteiger partial charge >= 0.3 is 0 Å². The Morgan fingerprint density at radius 1 is 0.875 bits per heavy atom. The number of nitrogens with zero attached hydrogens (tertiary/aromatic N) is 1. The maximum absolute atomic E-state index is 12.3. The van der Waals surface area contributed by atoms with Crippen LogP contribution in [0.2, 0.25) is 0 Å². The maximum atomic E-state index is 12.3. The van der Waals surface area contributed by atoms with Crippen molar-refractivity contribution in [3.63, 3.8) is 0 Å². The van der Waals surface area contributed by atoms with Gasteiger partial charge in [0.2, 0.25) is 0 Å². The summed E-state index contributed by atoms with van der Waals surface area (Å²) in [7, 11) is 0. The largest absolute Gasteiger partial charge is 0.370 e. The molecular formula is C19H23NO4. The minimum absolute atomic E-state index is 0.00294. The van der Waals surface area contributed by atoms with Crippen LogP contribution in [0.3, 0.4) is 0 Å². The van der Waals surface area contributed by atoms with E-state index in [1.165, 1.54) is 17.1 Å². The lowest BCUT2D eigenvalue weighted by Crippen LogP contribution is -2.42. The van der Waals surface area contributed by atoms with Crippen LogP contribution in [0.15, 0.2) is 36.4 Å². The average molecular weight is 329 g/mol. The molecule has 1 heterocycles. The van der Waals surface area contributed by atoms with Crippen LogP contribution in [0, 0.1) is 0 Å². The zero-order valence-corrected chi connectivity index (χ0v) is 14.4. The van der Waals surface area contributed by atoms with Crippen LogP contribution in [0.1, 0.15) is 51.0 Å². The van der Waals surface area contributed by atoms with Crippen LogP contribution in [0.25, 0.3) is 0 Å². The van der Waals surface area contributed by atoms with Crippen molar-refractivity contribution >= 4 is 11.8 Å². The Bertz CT molecular complexity index is 662. The molecule has 1 aliphatic heterocycles. The van der Waals surface area contributed by atoms with E-state index in [1.54, 1.807) is 0 Å². The Balaban J connectivity index is 2.07. The van der Waals surface area contributed by atoms with E-state index in [2.05, 4.69) is 0 Å².